The summed E-state index contributed by atoms with van der Waals surface area (Å²) in [7, 11) is 1.71. The second-order valence-corrected chi connectivity index (χ2v) is 6.31. The van der Waals surface area contributed by atoms with Gasteiger partial charge in [0.25, 0.3) is 0 Å². The lowest BCUT2D eigenvalue weighted by molar-refractivity contribution is -0.0126. The van der Waals surface area contributed by atoms with Gasteiger partial charge < -0.3 is 14.4 Å². The highest BCUT2D eigenvalue weighted by Crippen LogP contribution is 2.18. The fourth-order valence-corrected chi connectivity index (χ4v) is 2.47. The Kier molecular flexibility index (Phi) is 5.62. The van der Waals surface area contributed by atoms with Crippen LogP contribution >= 0.6 is 0 Å². The number of nitrogens with zero attached hydrogens (tertiary/aromatic N) is 2. The van der Waals surface area contributed by atoms with Crippen LogP contribution in [0.25, 0.3) is 0 Å². The van der Waals surface area contributed by atoms with E-state index in [0.717, 1.165) is 13.2 Å². The fraction of sp³-hybridized carbons (Fsp3) is 0.929. The predicted octanol–water partition coefficient (Wildman–Crippen LogP) is 1.96. The van der Waals surface area contributed by atoms with Gasteiger partial charge in [0.05, 0.1) is 6.61 Å². The lowest BCUT2D eigenvalue weighted by atomic mass is 10.1. The molecule has 1 amide bonds. The number of piperazine rings is 1. The summed E-state index contributed by atoms with van der Waals surface area (Å²) in [5, 5.41) is 0. The number of carbonyl (C=O) groups excluding carboxylic acids is 1. The van der Waals surface area contributed by atoms with Crippen molar-refractivity contribution in [1.29, 1.82) is 0 Å². The van der Waals surface area contributed by atoms with E-state index in [0.29, 0.717) is 25.2 Å². The van der Waals surface area contributed by atoms with E-state index in [4.69, 9.17) is 9.47 Å². The van der Waals surface area contributed by atoms with E-state index in [1.807, 2.05) is 25.7 Å². The van der Waals surface area contributed by atoms with Crippen LogP contribution in [0.15, 0.2) is 0 Å². The molecule has 0 aromatic carbocycles. The quantitative estimate of drug-likeness (QED) is 0.787. The average molecular weight is 272 g/mol. The minimum absolute atomic E-state index is 0.211. The van der Waals surface area contributed by atoms with Gasteiger partial charge in [-0.1, -0.05) is 0 Å². The highest BCUT2D eigenvalue weighted by atomic mass is 16.6. The summed E-state index contributed by atoms with van der Waals surface area (Å²) >= 11 is 0. The van der Waals surface area contributed by atoms with E-state index >= 15 is 0 Å². The third-order valence-corrected chi connectivity index (χ3v) is 3.31. The molecule has 19 heavy (non-hydrogen) atoms. The molecule has 0 spiro atoms. The number of ether oxygens (including phenoxy) is 2. The molecule has 0 aliphatic carbocycles. The van der Waals surface area contributed by atoms with Crippen molar-refractivity contribution in [1.82, 2.24) is 9.80 Å². The van der Waals surface area contributed by atoms with Crippen LogP contribution in [0.3, 0.4) is 0 Å². The van der Waals surface area contributed by atoms with Gasteiger partial charge in [-0.3, -0.25) is 4.90 Å². The van der Waals surface area contributed by atoms with Gasteiger partial charge in [0.1, 0.15) is 5.60 Å². The van der Waals surface area contributed by atoms with Gasteiger partial charge in [0, 0.05) is 38.8 Å². The zero-order chi connectivity index (χ0) is 14.6. The monoisotopic (exact) mass is 272 g/mol. The molecule has 1 saturated heterocycles. The van der Waals surface area contributed by atoms with Gasteiger partial charge in [-0.15, -0.1) is 0 Å². The van der Waals surface area contributed by atoms with Crippen molar-refractivity contribution in [3.8, 4) is 0 Å². The van der Waals surface area contributed by atoms with E-state index in [1.165, 1.54) is 0 Å². The Morgan fingerprint density at radius 1 is 1.21 bits per heavy atom. The van der Waals surface area contributed by atoms with Crippen LogP contribution in [-0.4, -0.2) is 66.9 Å². The summed E-state index contributed by atoms with van der Waals surface area (Å²) in [6.45, 7) is 13.0. The Balaban J connectivity index is 2.56. The molecule has 0 bridgehead atoms. The van der Waals surface area contributed by atoms with Crippen molar-refractivity contribution < 1.29 is 14.3 Å². The minimum Gasteiger partial charge on any atom is -0.444 e. The maximum Gasteiger partial charge on any atom is 0.410 e. The first kappa shape index (κ1) is 16.2. The molecule has 5 nitrogen and oxygen atoms in total. The van der Waals surface area contributed by atoms with E-state index in [-0.39, 0.29) is 6.09 Å². The van der Waals surface area contributed by atoms with Crippen LogP contribution in [0, 0.1) is 0 Å². The molecular weight excluding hydrogens is 244 g/mol. The summed E-state index contributed by atoms with van der Waals surface area (Å²) in [5.41, 5.74) is -0.434. The molecule has 1 fully saturated rings. The largest absolute Gasteiger partial charge is 0.444 e. The summed E-state index contributed by atoms with van der Waals surface area (Å²) in [6, 6.07) is 0.651. The van der Waals surface area contributed by atoms with Crippen LogP contribution in [0.5, 0.6) is 0 Å². The standard InChI is InChI=1S/C14H28N2O3/c1-11-9-15(13(17)19-14(3,4)5)10-12(2)16(11)7-8-18-6/h11-12H,7-10H2,1-6H3/t11-,12+. The molecule has 0 aromatic rings. The average Bonchev–Trinajstić information content (AvgIpc) is 2.25. The molecule has 0 aromatic heterocycles. The van der Waals surface area contributed by atoms with Crippen LogP contribution in [-0.2, 0) is 9.47 Å². The first-order chi connectivity index (χ1) is 8.74. The smallest absolute Gasteiger partial charge is 0.410 e. The fourth-order valence-electron chi connectivity index (χ4n) is 2.47. The molecule has 1 aliphatic rings. The van der Waals surface area contributed by atoms with E-state index in [1.54, 1.807) is 7.11 Å². The Bertz CT molecular complexity index is 290. The molecule has 2 atom stereocenters. The normalized spacial score (nSPS) is 25.5. The number of rotatable bonds is 3. The predicted molar refractivity (Wildman–Crippen MR) is 75.3 cm³/mol. The summed E-state index contributed by atoms with van der Waals surface area (Å²) in [6.07, 6.45) is -0.211. The minimum atomic E-state index is -0.434. The molecule has 5 heteroatoms. The van der Waals surface area contributed by atoms with Crippen molar-refractivity contribution in [2.75, 3.05) is 33.4 Å². The van der Waals surface area contributed by atoms with Gasteiger partial charge in [-0.25, -0.2) is 4.79 Å². The van der Waals surface area contributed by atoms with Crippen molar-refractivity contribution in [3.05, 3.63) is 0 Å². The third kappa shape index (κ3) is 4.99. The zero-order valence-corrected chi connectivity index (χ0v) is 13.1. The molecule has 0 unspecified atom stereocenters. The molecule has 1 aliphatic heterocycles. The van der Waals surface area contributed by atoms with Gasteiger partial charge >= 0.3 is 6.09 Å². The van der Waals surface area contributed by atoms with Gasteiger partial charge in [0.15, 0.2) is 0 Å². The Hall–Kier alpha value is -0.810. The molecule has 0 radical (unpaired) electrons. The number of methoxy groups -OCH3 is 1. The SMILES string of the molecule is COCCN1[C@H](C)CN(C(=O)OC(C)(C)C)C[C@@H]1C. The van der Waals surface area contributed by atoms with Crippen LogP contribution < -0.4 is 0 Å². The maximum absolute atomic E-state index is 12.1. The summed E-state index contributed by atoms with van der Waals surface area (Å²) in [5.74, 6) is 0. The highest BCUT2D eigenvalue weighted by molar-refractivity contribution is 5.68. The topological polar surface area (TPSA) is 42.0 Å². The van der Waals surface area contributed by atoms with E-state index in [9.17, 15) is 4.79 Å². The van der Waals surface area contributed by atoms with E-state index < -0.39 is 5.60 Å². The Labute approximate surface area is 116 Å². The molecule has 1 heterocycles. The van der Waals surface area contributed by atoms with Crippen molar-refractivity contribution in [2.24, 2.45) is 0 Å². The number of hydrogen-bond acceptors (Lipinski definition) is 4. The van der Waals surface area contributed by atoms with Crippen LogP contribution in [0.4, 0.5) is 4.79 Å². The van der Waals surface area contributed by atoms with Crippen LogP contribution in [0.1, 0.15) is 34.6 Å². The first-order valence-electron chi connectivity index (χ1n) is 6.97. The number of carbonyl (C=O) groups is 1. The summed E-state index contributed by atoms with van der Waals surface area (Å²) in [4.78, 5) is 16.3. The van der Waals surface area contributed by atoms with Crippen LogP contribution in [0.2, 0.25) is 0 Å². The van der Waals surface area contributed by atoms with Crippen molar-refractivity contribution in [2.45, 2.75) is 52.3 Å². The molecule has 0 saturated carbocycles. The molecule has 0 N–H and O–H groups in total. The zero-order valence-electron chi connectivity index (χ0n) is 13.1. The molecule has 112 valence electrons. The lowest BCUT2D eigenvalue weighted by Gasteiger charge is -2.44. The lowest BCUT2D eigenvalue weighted by Crippen LogP contribution is -2.59. The van der Waals surface area contributed by atoms with Crippen molar-refractivity contribution >= 4 is 6.09 Å². The Morgan fingerprint density at radius 3 is 2.16 bits per heavy atom. The maximum atomic E-state index is 12.1. The van der Waals surface area contributed by atoms with Gasteiger partial charge in [0.2, 0.25) is 0 Å². The second kappa shape index (κ2) is 6.57. The molecule has 1 rings (SSSR count). The third-order valence-electron chi connectivity index (χ3n) is 3.31. The summed E-state index contributed by atoms with van der Waals surface area (Å²) < 4.78 is 10.6. The van der Waals surface area contributed by atoms with E-state index in [2.05, 4.69) is 18.7 Å². The second-order valence-electron chi connectivity index (χ2n) is 6.31. The van der Waals surface area contributed by atoms with Gasteiger partial charge in [-0.2, -0.15) is 0 Å². The van der Waals surface area contributed by atoms with Crippen molar-refractivity contribution in [3.63, 3.8) is 0 Å². The highest BCUT2D eigenvalue weighted by Gasteiger charge is 2.33. The number of amides is 1. The Morgan fingerprint density at radius 2 is 1.74 bits per heavy atom. The molecular formula is C14H28N2O3. The van der Waals surface area contributed by atoms with Gasteiger partial charge in [-0.05, 0) is 34.6 Å². The first-order valence-corrected chi connectivity index (χ1v) is 6.97. The number of hydrogen-bond donors (Lipinski definition) is 0.